The molecular weight excluding hydrogens is 228 g/mol. The molecule has 0 aromatic carbocycles. The summed E-state index contributed by atoms with van der Waals surface area (Å²) in [5, 5.41) is 3.08. The van der Waals surface area contributed by atoms with E-state index in [1.54, 1.807) is 6.92 Å². The molecule has 0 aromatic heterocycles. The van der Waals surface area contributed by atoms with Crippen LogP contribution in [0, 0.1) is 0 Å². The van der Waals surface area contributed by atoms with Crippen LogP contribution in [0.25, 0.3) is 0 Å². The van der Waals surface area contributed by atoms with E-state index >= 15 is 0 Å². The molecule has 18 heavy (non-hydrogen) atoms. The zero-order chi connectivity index (χ0) is 12.4. The van der Waals surface area contributed by atoms with Gasteiger partial charge in [0.25, 0.3) is 0 Å². The van der Waals surface area contributed by atoms with Gasteiger partial charge < -0.3 is 10.2 Å². The number of Topliss-reactive ketones (excluding diaryl/α,β-unsaturated/α-hetero) is 1. The van der Waals surface area contributed by atoms with Gasteiger partial charge in [0, 0.05) is 6.04 Å². The monoisotopic (exact) mass is 254 g/mol. The molecule has 2 heterocycles. The highest BCUT2D eigenvalue weighted by molar-refractivity contribution is 5.90. The van der Waals surface area contributed by atoms with Crippen molar-refractivity contribution in [2.75, 3.05) is 7.05 Å². The molecule has 3 unspecified atom stereocenters. The molecule has 2 rings (SSSR count). The van der Waals surface area contributed by atoms with Crippen molar-refractivity contribution in [1.82, 2.24) is 10.2 Å². The Morgan fingerprint density at radius 2 is 1.83 bits per heavy atom. The van der Waals surface area contributed by atoms with Gasteiger partial charge in [-0.25, -0.2) is 0 Å². The normalized spacial score (nSPS) is 32.2. The summed E-state index contributed by atoms with van der Waals surface area (Å²) in [7, 11) is 1.83. The van der Waals surface area contributed by atoms with Gasteiger partial charge >= 0.3 is 0 Å². The number of rotatable bonds is 2. The number of carbonyl (C=O) groups excluding carboxylic acids is 2. The topological polar surface area (TPSA) is 49.4 Å². The third kappa shape index (κ3) is 2.74. The molecule has 1 N–H and O–H groups in total. The lowest BCUT2D eigenvalue weighted by atomic mass is 9.91. The minimum absolute atomic E-state index is 0. The summed E-state index contributed by atoms with van der Waals surface area (Å²) in [6, 6.07) is 0.0265. The van der Waals surface area contributed by atoms with Crippen LogP contribution in [0.1, 0.15) is 52.9 Å². The fourth-order valence-electron chi connectivity index (χ4n) is 3.22. The van der Waals surface area contributed by atoms with E-state index in [-0.39, 0.29) is 31.2 Å². The van der Waals surface area contributed by atoms with Gasteiger partial charge in [0.05, 0.1) is 12.1 Å². The first kappa shape index (κ1) is 15.2. The molecule has 104 valence electrons. The Morgan fingerprint density at radius 1 is 1.22 bits per heavy atom. The number of nitrogens with zero attached hydrogens (tertiary/aromatic N) is 1. The maximum Gasteiger partial charge on any atom is 0.240 e. The summed E-state index contributed by atoms with van der Waals surface area (Å²) in [6.07, 6.45) is 5.99. The zero-order valence-corrected chi connectivity index (χ0v) is 10.7. The van der Waals surface area contributed by atoms with Crippen molar-refractivity contribution >= 4 is 11.7 Å². The van der Waals surface area contributed by atoms with Crippen molar-refractivity contribution in [3.63, 3.8) is 0 Å². The SMILES string of the molecule is C.CNC1CCCC2CCCC(C(C)=O)N2C1=O. The van der Waals surface area contributed by atoms with Crippen LogP contribution in [-0.4, -0.2) is 41.8 Å². The molecule has 4 nitrogen and oxygen atoms in total. The number of hydrogen-bond acceptors (Lipinski definition) is 3. The van der Waals surface area contributed by atoms with Gasteiger partial charge in [-0.15, -0.1) is 0 Å². The van der Waals surface area contributed by atoms with Crippen LogP contribution in [0.4, 0.5) is 0 Å². The van der Waals surface area contributed by atoms with E-state index in [0.29, 0.717) is 6.04 Å². The summed E-state index contributed by atoms with van der Waals surface area (Å²) < 4.78 is 0. The highest BCUT2D eigenvalue weighted by Crippen LogP contribution is 2.30. The van der Waals surface area contributed by atoms with Crippen LogP contribution in [-0.2, 0) is 9.59 Å². The molecule has 0 radical (unpaired) electrons. The number of fused-ring (bicyclic) bond motifs is 1. The molecule has 0 bridgehead atoms. The first-order chi connectivity index (χ1) is 8.15. The van der Waals surface area contributed by atoms with Crippen molar-refractivity contribution < 1.29 is 9.59 Å². The van der Waals surface area contributed by atoms with E-state index in [9.17, 15) is 9.59 Å². The third-order valence-electron chi connectivity index (χ3n) is 4.14. The molecule has 3 atom stereocenters. The molecule has 1 amide bonds. The second-order valence-corrected chi connectivity index (χ2v) is 5.23. The van der Waals surface area contributed by atoms with E-state index < -0.39 is 0 Å². The number of hydrogen-bond donors (Lipinski definition) is 1. The Kier molecular flexibility index (Phi) is 5.32. The van der Waals surface area contributed by atoms with Crippen molar-refractivity contribution in [2.45, 2.75) is 71.0 Å². The van der Waals surface area contributed by atoms with Crippen LogP contribution in [0.2, 0.25) is 0 Å². The summed E-state index contributed by atoms with van der Waals surface area (Å²) in [5.74, 6) is 0.273. The molecule has 0 saturated carbocycles. The fourth-order valence-corrected chi connectivity index (χ4v) is 3.22. The predicted octanol–water partition coefficient (Wildman–Crippen LogP) is 1.73. The molecule has 2 aliphatic heterocycles. The molecular formula is C14H26N2O2. The van der Waals surface area contributed by atoms with E-state index in [0.717, 1.165) is 38.5 Å². The van der Waals surface area contributed by atoms with Gasteiger partial charge in [0.1, 0.15) is 0 Å². The van der Waals surface area contributed by atoms with Crippen LogP contribution in [0.5, 0.6) is 0 Å². The Labute approximate surface area is 110 Å². The van der Waals surface area contributed by atoms with Gasteiger partial charge in [-0.1, -0.05) is 7.43 Å². The third-order valence-corrected chi connectivity index (χ3v) is 4.14. The van der Waals surface area contributed by atoms with Crippen LogP contribution in [0.3, 0.4) is 0 Å². The standard InChI is InChI=1S/C13H22N2O2.CH4/c1-9(16)12-8-4-6-10-5-3-7-11(14-2)13(17)15(10)12;/h10-12,14H,3-8H2,1-2H3;1H4. The van der Waals surface area contributed by atoms with Crippen molar-refractivity contribution in [1.29, 1.82) is 0 Å². The number of likely N-dealkylation sites (N-methyl/N-ethyl adjacent to an activating group) is 1. The van der Waals surface area contributed by atoms with Gasteiger partial charge in [-0.2, -0.15) is 0 Å². The van der Waals surface area contributed by atoms with Gasteiger partial charge in [0.2, 0.25) is 5.91 Å². The highest BCUT2D eigenvalue weighted by Gasteiger charge is 2.40. The highest BCUT2D eigenvalue weighted by atomic mass is 16.2. The number of ketones is 1. The molecule has 4 heteroatoms. The van der Waals surface area contributed by atoms with Crippen LogP contribution < -0.4 is 5.32 Å². The number of piperidine rings is 1. The largest absolute Gasteiger partial charge is 0.328 e. The first-order valence-corrected chi connectivity index (χ1v) is 6.65. The fraction of sp³-hybridized carbons (Fsp3) is 0.857. The van der Waals surface area contributed by atoms with E-state index in [1.807, 2.05) is 11.9 Å². The lowest BCUT2D eigenvalue weighted by Gasteiger charge is -2.41. The minimum atomic E-state index is -0.171. The molecule has 2 saturated heterocycles. The maximum atomic E-state index is 12.4. The predicted molar refractivity (Wildman–Crippen MR) is 72.4 cm³/mol. The average Bonchev–Trinajstić information content (AvgIpc) is 2.48. The second-order valence-electron chi connectivity index (χ2n) is 5.23. The van der Waals surface area contributed by atoms with Crippen molar-refractivity contribution in [3.8, 4) is 0 Å². The zero-order valence-electron chi connectivity index (χ0n) is 10.7. The Bertz CT molecular complexity index is 317. The second kappa shape index (κ2) is 6.32. The smallest absolute Gasteiger partial charge is 0.240 e. The number of carbonyl (C=O) groups is 2. The summed E-state index contributed by atoms with van der Waals surface area (Å²) in [4.78, 5) is 26.0. The van der Waals surface area contributed by atoms with Crippen molar-refractivity contribution in [3.05, 3.63) is 0 Å². The van der Waals surface area contributed by atoms with Crippen LogP contribution in [0.15, 0.2) is 0 Å². The average molecular weight is 254 g/mol. The van der Waals surface area contributed by atoms with Gasteiger partial charge in [-0.05, 0) is 52.5 Å². The van der Waals surface area contributed by atoms with Gasteiger partial charge in [0.15, 0.2) is 5.78 Å². The molecule has 0 aliphatic carbocycles. The van der Waals surface area contributed by atoms with E-state index in [4.69, 9.17) is 0 Å². The minimum Gasteiger partial charge on any atom is -0.328 e. The Morgan fingerprint density at radius 3 is 2.39 bits per heavy atom. The Hall–Kier alpha value is -0.900. The molecule has 0 spiro atoms. The van der Waals surface area contributed by atoms with Gasteiger partial charge in [-0.3, -0.25) is 9.59 Å². The summed E-state index contributed by atoms with van der Waals surface area (Å²) in [6.45, 7) is 1.61. The maximum absolute atomic E-state index is 12.4. The van der Waals surface area contributed by atoms with E-state index in [1.165, 1.54) is 0 Å². The lowest BCUT2D eigenvalue weighted by Crippen LogP contribution is -2.56. The molecule has 0 aromatic rings. The van der Waals surface area contributed by atoms with Crippen molar-refractivity contribution in [2.24, 2.45) is 0 Å². The summed E-state index contributed by atoms with van der Waals surface area (Å²) in [5.41, 5.74) is 0. The lowest BCUT2D eigenvalue weighted by molar-refractivity contribution is -0.145. The molecule has 2 aliphatic rings. The summed E-state index contributed by atoms with van der Waals surface area (Å²) >= 11 is 0. The quantitative estimate of drug-likeness (QED) is 0.816. The first-order valence-electron chi connectivity index (χ1n) is 6.65. The molecule has 2 fully saturated rings. The number of nitrogens with one attached hydrogen (secondary N) is 1. The van der Waals surface area contributed by atoms with E-state index in [2.05, 4.69) is 5.32 Å². The Balaban J connectivity index is 0.00000162. The number of amides is 1. The van der Waals surface area contributed by atoms with Crippen LogP contribution >= 0.6 is 0 Å².